The third-order valence-corrected chi connectivity index (χ3v) is 3.10. The molecular formula is C15H12FN3O2. The fourth-order valence-electron chi connectivity index (χ4n) is 2.16. The molecule has 0 fully saturated rings. The summed E-state index contributed by atoms with van der Waals surface area (Å²) in [5.74, 6) is -0.766. The molecule has 0 saturated carbocycles. The van der Waals surface area contributed by atoms with Crippen molar-refractivity contribution in [3.63, 3.8) is 0 Å². The number of aromatic nitrogens is 2. The van der Waals surface area contributed by atoms with E-state index in [0.717, 1.165) is 0 Å². The van der Waals surface area contributed by atoms with E-state index in [9.17, 15) is 14.0 Å². The van der Waals surface area contributed by atoms with Gasteiger partial charge >= 0.3 is 5.69 Å². The van der Waals surface area contributed by atoms with E-state index in [1.165, 1.54) is 22.8 Å². The zero-order valence-electron chi connectivity index (χ0n) is 11.0. The van der Waals surface area contributed by atoms with E-state index in [4.69, 9.17) is 0 Å². The number of anilines is 1. The molecule has 5 nitrogen and oxygen atoms in total. The number of benzene rings is 2. The molecule has 1 amide bonds. The van der Waals surface area contributed by atoms with E-state index in [1.54, 1.807) is 24.3 Å². The van der Waals surface area contributed by atoms with Crippen molar-refractivity contribution in [1.82, 2.24) is 9.55 Å². The molecule has 6 heteroatoms. The number of aromatic amines is 1. The summed E-state index contributed by atoms with van der Waals surface area (Å²) in [6.45, 7) is -0.140. The van der Waals surface area contributed by atoms with Gasteiger partial charge in [-0.3, -0.25) is 9.36 Å². The highest BCUT2D eigenvalue weighted by Gasteiger charge is 2.11. The highest BCUT2D eigenvalue weighted by molar-refractivity contribution is 5.91. The lowest BCUT2D eigenvalue weighted by Crippen LogP contribution is -2.25. The van der Waals surface area contributed by atoms with E-state index < -0.39 is 11.5 Å². The van der Waals surface area contributed by atoms with Gasteiger partial charge in [-0.05, 0) is 30.3 Å². The smallest absolute Gasteiger partial charge is 0.325 e. The van der Waals surface area contributed by atoms with Crippen LogP contribution in [0.15, 0.2) is 53.3 Å². The molecule has 0 radical (unpaired) electrons. The normalized spacial score (nSPS) is 10.7. The number of fused-ring (bicyclic) bond motifs is 1. The largest absolute Gasteiger partial charge is 0.326 e. The fourth-order valence-corrected chi connectivity index (χ4v) is 2.16. The van der Waals surface area contributed by atoms with Crippen molar-refractivity contribution in [1.29, 1.82) is 0 Å². The highest BCUT2D eigenvalue weighted by Crippen LogP contribution is 2.12. The second kappa shape index (κ2) is 5.24. The Labute approximate surface area is 119 Å². The molecule has 0 spiro atoms. The number of hydrogen-bond acceptors (Lipinski definition) is 2. The minimum absolute atomic E-state index is 0.140. The first-order chi connectivity index (χ1) is 10.1. The predicted octanol–water partition coefficient (Wildman–Crippen LogP) is 2.11. The van der Waals surface area contributed by atoms with E-state index in [0.29, 0.717) is 16.7 Å². The number of para-hydroxylation sites is 1. The predicted molar refractivity (Wildman–Crippen MR) is 77.6 cm³/mol. The number of amides is 1. The monoisotopic (exact) mass is 285 g/mol. The molecular weight excluding hydrogens is 273 g/mol. The third kappa shape index (κ3) is 2.69. The number of hydrogen-bond donors (Lipinski definition) is 2. The first-order valence-corrected chi connectivity index (χ1v) is 6.36. The van der Waals surface area contributed by atoms with Crippen molar-refractivity contribution < 1.29 is 9.18 Å². The second-order valence-electron chi connectivity index (χ2n) is 4.59. The third-order valence-electron chi connectivity index (χ3n) is 3.10. The molecule has 106 valence electrons. The van der Waals surface area contributed by atoms with Crippen LogP contribution in [-0.4, -0.2) is 15.5 Å². The maximum absolute atomic E-state index is 13.1. The van der Waals surface area contributed by atoms with Gasteiger partial charge in [0.1, 0.15) is 12.4 Å². The molecule has 2 aromatic carbocycles. The zero-order valence-corrected chi connectivity index (χ0v) is 11.0. The summed E-state index contributed by atoms with van der Waals surface area (Å²) < 4.78 is 14.4. The van der Waals surface area contributed by atoms with E-state index in [-0.39, 0.29) is 12.5 Å². The van der Waals surface area contributed by atoms with Gasteiger partial charge in [0.2, 0.25) is 5.91 Å². The number of nitrogens with one attached hydrogen (secondary N) is 2. The number of H-pyrrole nitrogens is 1. The highest BCUT2D eigenvalue weighted by atomic mass is 19.1. The van der Waals surface area contributed by atoms with Crippen LogP contribution in [0.3, 0.4) is 0 Å². The van der Waals surface area contributed by atoms with Crippen molar-refractivity contribution >= 4 is 22.6 Å². The van der Waals surface area contributed by atoms with Crippen molar-refractivity contribution in [2.24, 2.45) is 0 Å². The number of carbonyl (C=O) groups excluding carboxylic acids is 1. The van der Waals surface area contributed by atoms with Crippen LogP contribution in [-0.2, 0) is 11.3 Å². The number of rotatable bonds is 3. The molecule has 0 atom stereocenters. The van der Waals surface area contributed by atoms with Gasteiger partial charge in [-0.2, -0.15) is 0 Å². The number of carbonyl (C=O) groups is 1. The molecule has 0 bridgehead atoms. The molecule has 0 saturated heterocycles. The van der Waals surface area contributed by atoms with Gasteiger partial charge in [0.15, 0.2) is 0 Å². The number of halogens is 1. The Bertz CT molecular complexity index is 852. The van der Waals surface area contributed by atoms with Gasteiger partial charge in [-0.15, -0.1) is 0 Å². The lowest BCUT2D eigenvalue weighted by atomic mass is 10.3. The molecule has 21 heavy (non-hydrogen) atoms. The number of imidazole rings is 1. The van der Waals surface area contributed by atoms with Crippen LogP contribution in [0.5, 0.6) is 0 Å². The molecule has 3 aromatic rings. The average molecular weight is 285 g/mol. The first-order valence-electron chi connectivity index (χ1n) is 6.36. The SMILES string of the molecule is O=C(Cn1c(=O)[nH]c2cc(F)ccc21)Nc1ccccc1. The molecule has 0 aliphatic carbocycles. The van der Waals surface area contributed by atoms with Crippen LogP contribution in [0.1, 0.15) is 0 Å². The maximum Gasteiger partial charge on any atom is 0.326 e. The summed E-state index contributed by atoms with van der Waals surface area (Å²) in [5.41, 5.74) is 1.07. The molecule has 1 aromatic heterocycles. The molecule has 3 rings (SSSR count). The van der Waals surface area contributed by atoms with Crippen molar-refractivity contribution in [2.45, 2.75) is 6.54 Å². The minimum Gasteiger partial charge on any atom is -0.325 e. The molecule has 2 N–H and O–H groups in total. The van der Waals surface area contributed by atoms with Gasteiger partial charge in [-0.1, -0.05) is 18.2 Å². The lowest BCUT2D eigenvalue weighted by molar-refractivity contribution is -0.116. The fraction of sp³-hybridized carbons (Fsp3) is 0.0667. The Hall–Kier alpha value is -2.89. The van der Waals surface area contributed by atoms with Gasteiger partial charge in [0, 0.05) is 5.69 Å². The van der Waals surface area contributed by atoms with Crippen molar-refractivity contribution in [3.05, 3.63) is 64.8 Å². The summed E-state index contributed by atoms with van der Waals surface area (Å²) >= 11 is 0. The van der Waals surface area contributed by atoms with E-state index in [2.05, 4.69) is 10.3 Å². The summed E-state index contributed by atoms with van der Waals surface area (Å²) in [5, 5.41) is 2.70. The Balaban J connectivity index is 1.86. The van der Waals surface area contributed by atoms with E-state index in [1.807, 2.05) is 6.07 Å². The van der Waals surface area contributed by atoms with E-state index >= 15 is 0 Å². The van der Waals surface area contributed by atoms with Gasteiger partial charge in [-0.25, -0.2) is 9.18 Å². The summed E-state index contributed by atoms with van der Waals surface area (Å²) in [6.07, 6.45) is 0. The Morgan fingerprint density at radius 1 is 1.19 bits per heavy atom. The Morgan fingerprint density at radius 3 is 2.71 bits per heavy atom. The van der Waals surface area contributed by atoms with Crippen LogP contribution >= 0.6 is 0 Å². The maximum atomic E-state index is 13.1. The summed E-state index contributed by atoms with van der Waals surface area (Å²) in [7, 11) is 0. The van der Waals surface area contributed by atoms with Gasteiger partial charge < -0.3 is 10.3 Å². The molecule has 0 aliphatic heterocycles. The molecule has 0 aliphatic rings. The van der Waals surface area contributed by atoms with Crippen molar-refractivity contribution in [2.75, 3.05) is 5.32 Å². The van der Waals surface area contributed by atoms with Gasteiger partial charge in [0.05, 0.1) is 11.0 Å². The minimum atomic E-state index is -0.446. The quantitative estimate of drug-likeness (QED) is 0.774. The van der Waals surface area contributed by atoms with Crippen LogP contribution in [0.4, 0.5) is 10.1 Å². The van der Waals surface area contributed by atoms with Gasteiger partial charge in [0.25, 0.3) is 0 Å². The topological polar surface area (TPSA) is 66.9 Å². The number of nitrogens with zero attached hydrogens (tertiary/aromatic N) is 1. The summed E-state index contributed by atoms with van der Waals surface area (Å²) in [6, 6.07) is 12.9. The molecule has 1 heterocycles. The Kier molecular flexibility index (Phi) is 3.27. The van der Waals surface area contributed by atoms with Crippen LogP contribution < -0.4 is 11.0 Å². The Morgan fingerprint density at radius 2 is 1.95 bits per heavy atom. The lowest BCUT2D eigenvalue weighted by Gasteiger charge is -2.06. The van der Waals surface area contributed by atoms with Crippen LogP contribution in [0, 0.1) is 5.82 Å². The van der Waals surface area contributed by atoms with Crippen LogP contribution in [0.2, 0.25) is 0 Å². The zero-order chi connectivity index (χ0) is 14.8. The average Bonchev–Trinajstić information content (AvgIpc) is 2.75. The van der Waals surface area contributed by atoms with Crippen LogP contribution in [0.25, 0.3) is 11.0 Å². The first kappa shape index (κ1) is 13.1. The standard InChI is InChI=1S/C15H12FN3O2/c16-10-6-7-13-12(8-10)18-15(21)19(13)9-14(20)17-11-4-2-1-3-5-11/h1-8H,9H2,(H,17,20)(H,18,21). The van der Waals surface area contributed by atoms with Crippen molar-refractivity contribution in [3.8, 4) is 0 Å². The second-order valence-corrected chi connectivity index (χ2v) is 4.59. The molecule has 0 unspecified atom stereocenters. The summed E-state index contributed by atoms with van der Waals surface area (Å²) in [4.78, 5) is 26.4.